The van der Waals surface area contributed by atoms with Gasteiger partial charge in [-0.25, -0.2) is 0 Å². The molecule has 0 spiro atoms. The van der Waals surface area contributed by atoms with Crippen LogP contribution in [0.5, 0.6) is 0 Å². The van der Waals surface area contributed by atoms with E-state index in [2.05, 4.69) is 37.6 Å². The molecule has 2 atom stereocenters. The average Bonchev–Trinajstić information content (AvgIpc) is 2.63. The normalized spacial score (nSPS) is 15.2. The number of amides is 2. The molecule has 0 aromatic heterocycles. The Bertz CT molecular complexity index is 489. The Morgan fingerprint density at radius 2 is 1.25 bits per heavy atom. The molecule has 0 fully saturated rings. The van der Waals surface area contributed by atoms with Crippen LogP contribution in [0.2, 0.25) is 0 Å². The van der Waals surface area contributed by atoms with Gasteiger partial charge in [0.25, 0.3) is 0 Å². The maximum absolute atomic E-state index is 11.5. The van der Waals surface area contributed by atoms with E-state index in [4.69, 9.17) is 9.47 Å². The quantitative estimate of drug-likeness (QED) is 0.417. The zero-order chi connectivity index (χ0) is 21.7. The highest BCUT2D eigenvalue weighted by atomic mass is 16.5. The van der Waals surface area contributed by atoms with E-state index in [9.17, 15) is 9.59 Å². The number of hydrogen-bond donors (Lipinski definition) is 2. The lowest BCUT2D eigenvalue weighted by atomic mass is 9.89. The summed E-state index contributed by atoms with van der Waals surface area (Å²) in [6, 6.07) is 0. The van der Waals surface area contributed by atoms with Crippen LogP contribution in [0.3, 0.4) is 0 Å². The Balaban J connectivity index is 4.10. The van der Waals surface area contributed by atoms with Gasteiger partial charge in [-0.2, -0.15) is 0 Å². The molecule has 0 aromatic rings. The summed E-state index contributed by atoms with van der Waals surface area (Å²) in [5.41, 5.74) is 0.955. The van der Waals surface area contributed by atoms with Crippen molar-refractivity contribution in [1.29, 1.82) is 0 Å². The molecule has 0 aromatic carbocycles. The molecule has 0 bridgehead atoms. The summed E-state index contributed by atoms with van der Waals surface area (Å²) in [7, 11) is 0. The lowest BCUT2D eigenvalue weighted by Gasteiger charge is -2.29. The van der Waals surface area contributed by atoms with E-state index in [0.717, 1.165) is 6.42 Å². The van der Waals surface area contributed by atoms with E-state index in [0.29, 0.717) is 50.7 Å². The molecule has 0 rings (SSSR count). The Hall–Kier alpha value is -1.66. The molecule has 6 heteroatoms. The Labute approximate surface area is 171 Å². The number of carbonyl (C=O) groups is 2. The molecular formula is C22H40N2O4. The first-order chi connectivity index (χ1) is 13.0. The van der Waals surface area contributed by atoms with Gasteiger partial charge in [0.05, 0.1) is 26.4 Å². The van der Waals surface area contributed by atoms with E-state index in [1.807, 2.05) is 13.8 Å². The monoisotopic (exact) mass is 396 g/mol. The third kappa shape index (κ3) is 11.9. The van der Waals surface area contributed by atoms with Gasteiger partial charge in [0.2, 0.25) is 11.8 Å². The lowest BCUT2D eigenvalue weighted by Crippen LogP contribution is -2.34. The van der Waals surface area contributed by atoms with Gasteiger partial charge in [-0.1, -0.05) is 40.9 Å². The number of hydrogen-bond acceptors (Lipinski definition) is 4. The van der Waals surface area contributed by atoms with Gasteiger partial charge in [0, 0.05) is 29.7 Å². The standard InChI is InChI=1S/C22H40N2O4/c1-9-22(8,14-27-12-18(6)10-23-20(25)16(2)3)15-28-13-19(7)11-24-21(26)17(4)5/h18-19H,2,4,9-15H2,1,3,5-8H3,(H,23,25)(H,24,26). The van der Waals surface area contributed by atoms with Crippen LogP contribution in [0.25, 0.3) is 0 Å². The molecule has 2 amide bonds. The molecule has 0 heterocycles. The number of ether oxygens (including phenoxy) is 2. The Kier molecular flexibility index (Phi) is 12.7. The van der Waals surface area contributed by atoms with E-state index in [-0.39, 0.29) is 29.1 Å². The smallest absolute Gasteiger partial charge is 0.246 e. The SMILES string of the molecule is C=C(C)C(=O)NCC(C)COCC(C)(CC)COCC(C)CNC(=O)C(=C)C. The van der Waals surface area contributed by atoms with Gasteiger partial charge in [-0.05, 0) is 32.1 Å². The molecule has 0 aliphatic rings. The maximum Gasteiger partial charge on any atom is 0.246 e. The van der Waals surface area contributed by atoms with Crippen molar-refractivity contribution < 1.29 is 19.1 Å². The van der Waals surface area contributed by atoms with Gasteiger partial charge < -0.3 is 20.1 Å². The summed E-state index contributed by atoms with van der Waals surface area (Å²) in [5.74, 6) is 0.212. The number of carbonyl (C=O) groups excluding carboxylic acids is 2. The molecule has 0 aliphatic heterocycles. The van der Waals surface area contributed by atoms with Gasteiger partial charge in [-0.15, -0.1) is 0 Å². The zero-order valence-corrected chi connectivity index (χ0v) is 18.7. The topological polar surface area (TPSA) is 76.7 Å². The molecular weight excluding hydrogens is 356 g/mol. The number of rotatable bonds is 15. The summed E-state index contributed by atoms with van der Waals surface area (Å²) in [4.78, 5) is 23.0. The zero-order valence-electron chi connectivity index (χ0n) is 18.7. The second kappa shape index (κ2) is 13.5. The highest BCUT2D eigenvalue weighted by Crippen LogP contribution is 2.22. The van der Waals surface area contributed by atoms with Crippen molar-refractivity contribution >= 4 is 11.8 Å². The molecule has 0 saturated heterocycles. The van der Waals surface area contributed by atoms with Crippen molar-refractivity contribution in [2.45, 2.75) is 48.0 Å². The second-order valence-electron chi connectivity index (χ2n) is 8.39. The fourth-order valence-electron chi connectivity index (χ4n) is 2.21. The first-order valence-corrected chi connectivity index (χ1v) is 10.0. The molecule has 162 valence electrons. The van der Waals surface area contributed by atoms with Crippen LogP contribution in [-0.4, -0.2) is 51.3 Å². The van der Waals surface area contributed by atoms with Crippen molar-refractivity contribution in [3.05, 3.63) is 24.3 Å². The molecule has 2 N–H and O–H groups in total. The van der Waals surface area contributed by atoms with Crippen LogP contribution in [0.15, 0.2) is 24.3 Å². The molecule has 0 aliphatic carbocycles. The van der Waals surface area contributed by atoms with E-state index in [1.165, 1.54) is 0 Å². The third-order valence-electron chi connectivity index (χ3n) is 4.56. The second-order valence-corrected chi connectivity index (χ2v) is 8.39. The minimum Gasteiger partial charge on any atom is -0.380 e. The average molecular weight is 397 g/mol. The summed E-state index contributed by atoms with van der Waals surface area (Å²) < 4.78 is 11.8. The molecule has 0 radical (unpaired) electrons. The minimum atomic E-state index is -0.118. The number of nitrogens with one attached hydrogen (secondary N) is 2. The van der Waals surface area contributed by atoms with Crippen molar-refractivity contribution in [3.63, 3.8) is 0 Å². The minimum absolute atomic E-state index is 0.0681. The molecule has 28 heavy (non-hydrogen) atoms. The van der Waals surface area contributed by atoms with Crippen molar-refractivity contribution in [2.24, 2.45) is 17.3 Å². The van der Waals surface area contributed by atoms with E-state index in [1.54, 1.807) is 13.8 Å². The van der Waals surface area contributed by atoms with E-state index >= 15 is 0 Å². The predicted molar refractivity (Wildman–Crippen MR) is 114 cm³/mol. The fraction of sp³-hybridized carbons (Fsp3) is 0.727. The van der Waals surface area contributed by atoms with Gasteiger partial charge >= 0.3 is 0 Å². The van der Waals surface area contributed by atoms with Gasteiger partial charge in [-0.3, -0.25) is 9.59 Å². The summed E-state index contributed by atoms with van der Waals surface area (Å²) in [5, 5.41) is 5.68. The van der Waals surface area contributed by atoms with Crippen LogP contribution in [-0.2, 0) is 19.1 Å². The maximum atomic E-state index is 11.5. The summed E-state index contributed by atoms with van der Waals surface area (Å²) in [6.07, 6.45) is 0.939. The molecule has 2 unspecified atom stereocenters. The van der Waals surface area contributed by atoms with Gasteiger partial charge in [0.15, 0.2) is 0 Å². The molecule has 0 saturated carbocycles. The lowest BCUT2D eigenvalue weighted by molar-refractivity contribution is -0.118. The van der Waals surface area contributed by atoms with Crippen molar-refractivity contribution in [2.75, 3.05) is 39.5 Å². The summed E-state index contributed by atoms with van der Waals surface area (Å²) >= 11 is 0. The predicted octanol–water partition coefficient (Wildman–Crippen LogP) is 3.09. The van der Waals surface area contributed by atoms with Crippen LogP contribution < -0.4 is 10.6 Å². The molecule has 6 nitrogen and oxygen atoms in total. The van der Waals surface area contributed by atoms with Crippen LogP contribution in [0.4, 0.5) is 0 Å². The van der Waals surface area contributed by atoms with E-state index < -0.39 is 0 Å². The van der Waals surface area contributed by atoms with Crippen LogP contribution >= 0.6 is 0 Å². The highest BCUT2D eigenvalue weighted by Gasteiger charge is 2.24. The van der Waals surface area contributed by atoms with Gasteiger partial charge in [0.1, 0.15) is 0 Å². The van der Waals surface area contributed by atoms with Crippen LogP contribution in [0, 0.1) is 17.3 Å². The first-order valence-electron chi connectivity index (χ1n) is 10.0. The van der Waals surface area contributed by atoms with Crippen LogP contribution in [0.1, 0.15) is 48.0 Å². The highest BCUT2D eigenvalue weighted by molar-refractivity contribution is 5.92. The van der Waals surface area contributed by atoms with Crippen molar-refractivity contribution in [3.8, 4) is 0 Å². The Morgan fingerprint density at radius 1 is 0.893 bits per heavy atom. The summed E-state index contributed by atoms with van der Waals surface area (Å²) in [6.45, 7) is 22.5. The third-order valence-corrected chi connectivity index (χ3v) is 4.56. The Morgan fingerprint density at radius 3 is 1.54 bits per heavy atom. The van der Waals surface area contributed by atoms with Crippen molar-refractivity contribution in [1.82, 2.24) is 10.6 Å². The largest absolute Gasteiger partial charge is 0.380 e. The fourth-order valence-corrected chi connectivity index (χ4v) is 2.21. The first kappa shape index (κ1) is 26.3.